The minimum atomic E-state index is 0.484. The summed E-state index contributed by atoms with van der Waals surface area (Å²) in [6, 6.07) is 1.91. The number of anilines is 1. The predicted molar refractivity (Wildman–Crippen MR) is 66.7 cm³/mol. The first-order chi connectivity index (χ1) is 8.31. The summed E-state index contributed by atoms with van der Waals surface area (Å²) in [6.45, 7) is 2.93. The van der Waals surface area contributed by atoms with Crippen molar-refractivity contribution in [1.82, 2.24) is 10.2 Å². The molecule has 17 heavy (non-hydrogen) atoms. The predicted octanol–water partition coefficient (Wildman–Crippen LogP) is 0.798. The van der Waals surface area contributed by atoms with Gasteiger partial charge in [-0.2, -0.15) is 5.10 Å². The lowest BCUT2D eigenvalue weighted by Crippen LogP contribution is -2.25. The summed E-state index contributed by atoms with van der Waals surface area (Å²) >= 11 is 0. The molecule has 0 unspecified atom stereocenters. The average Bonchev–Trinajstić information content (AvgIpc) is 3.18. The van der Waals surface area contributed by atoms with E-state index in [2.05, 4.69) is 10.2 Å². The summed E-state index contributed by atoms with van der Waals surface area (Å²) < 4.78 is 5.60. The van der Waals surface area contributed by atoms with Crippen LogP contribution in [0.3, 0.4) is 0 Å². The minimum Gasteiger partial charge on any atom is -0.379 e. The van der Waals surface area contributed by atoms with Gasteiger partial charge in [0, 0.05) is 32.3 Å². The van der Waals surface area contributed by atoms with Gasteiger partial charge in [-0.1, -0.05) is 0 Å². The Balaban J connectivity index is 1.78. The molecule has 1 aromatic heterocycles. The second kappa shape index (κ2) is 5.93. The zero-order chi connectivity index (χ0) is 12.1. The Morgan fingerprint density at radius 2 is 2.35 bits per heavy atom. The lowest BCUT2D eigenvalue weighted by Gasteiger charge is -2.19. The van der Waals surface area contributed by atoms with Crippen LogP contribution >= 0.6 is 0 Å². The summed E-state index contributed by atoms with van der Waals surface area (Å²) in [5, 5.41) is 8.01. The monoisotopic (exact) mass is 236 g/mol. The van der Waals surface area contributed by atoms with E-state index < -0.39 is 0 Å². The lowest BCUT2D eigenvalue weighted by atomic mass is 10.2. The standard InChI is InChI=1S/C12H20N4O/c1-16(6-7-17-9-10-2-3-10)12-11(8-13)4-5-14-15-12/h4-5,10H,2-3,6-9,13H2,1H3. The summed E-state index contributed by atoms with van der Waals surface area (Å²) in [7, 11) is 1.99. The number of likely N-dealkylation sites (N-methyl/N-ethyl adjacent to an activating group) is 1. The first-order valence-electron chi connectivity index (χ1n) is 6.10. The van der Waals surface area contributed by atoms with Gasteiger partial charge in [-0.15, -0.1) is 5.10 Å². The van der Waals surface area contributed by atoms with E-state index >= 15 is 0 Å². The zero-order valence-electron chi connectivity index (χ0n) is 10.3. The minimum absolute atomic E-state index is 0.484. The average molecular weight is 236 g/mol. The fourth-order valence-electron chi connectivity index (χ4n) is 1.67. The van der Waals surface area contributed by atoms with Crippen LogP contribution in [0.5, 0.6) is 0 Å². The molecule has 0 radical (unpaired) electrons. The molecule has 1 aromatic rings. The van der Waals surface area contributed by atoms with Crippen molar-refractivity contribution in [3.8, 4) is 0 Å². The van der Waals surface area contributed by atoms with Gasteiger partial charge in [0.05, 0.1) is 12.8 Å². The van der Waals surface area contributed by atoms with E-state index in [1.165, 1.54) is 12.8 Å². The van der Waals surface area contributed by atoms with Gasteiger partial charge in [0.2, 0.25) is 0 Å². The molecule has 1 heterocycles. The van der Waals surface area contributed by atoms with E-state index in [0.29, 0.717) is 6.54 Å². The van der Waals surface area contributed by atoms with Crippen LogP contribution in [-0.4, -0.2) is 37.0 Å². The summed E-state index contributed by atoms with van der Waals surface area (Å²) in [5.41, 5.74) is 6.68. The van der Waals surface area contributed by atoms with Gasteiger partial charge in [-0.05, 0) is 24.8 Å². The van der Waals surface area contributed by atoms with Gasteiger partial charge in [-0.25, -0.2) is 0 Å². The normalized spacial score (nSPS) is 14.9. The molecule has 94 valence electrons. The Morgan fingerprint density at radius 1 is 1.53 bits per heavy atom. The number of hydrogen-bond acceptors (Lipinski definition) is 5. The van der Waals surface area contributed by atoms with Crippen LogP contribution in [0, 0.1) is 5.92 Å². The van der Waals surface area contributed by atoms with Gasteiger partial charge in [0.25, 0.3) is 0 Å². The molecule has 0 bridgehead atoms. The summed E-state index contributed by atoms with van der Waals surface area (Å²) in [4.78, 5) is 2.04. The molecule has 2 rings (SSSR count). The van der Waals surface area contributed by atoms with Crippen LogP contribution in [0.1, 0.15) is 18.4 Å². The molecule has 5 nitrogen and oxygen atoms in total. The fourth-order valence-corrected chi connectivity index (χ4v) is 1.67. The fraction of sp³-hybridized carbons (Fsp3) is 0.667. The highest BCUT2D eigenvalue weighted by Crippen LogP contribution is 2.28. The first-order valence-corrected chi connectivity index (χ1v) is 6.10. The van der Waals surface area contributed by atoms with Crippen molar-refractivity contribution in [3.63, 3.8) is 0 Å². The smallest absolute Gasteiger partial charge is 0.155 e. The molecule has 1 aliphatic rings. The van der Waals surface area contributed by atoms with Gasteiger partial charge in [0.15, 0.2) is 5.82 Å². The number of nitrogens with two attached hydrogens (primary N) is 1. The Labute approximate surface area is 102 Å². The van der Waals surface area contributed by atoms with Crippen molar-refractivity contribution in [2.45, 2.75) is 19.4 Å². The molecule has 0 amide bonds. The maximum atomic E-state index is 5.67. The number of aromatic nitrogens is 2. The molecule has 0 aromatic carbocycles. The summed E-state index contributed by atoms with van der Waals surface area (Å²) in [5.74, 6) is 1.67. The molecular weight excluding hydrogens is 216 g/mol. The van der Waals surface area contributed by atoms with Crippen LogP contribution in [0.4, 0.5) is 5.82 Å². The molecule has 1 aliphatic carbocycles. The van der Waals surface area contributed by atoms with Gasteiger partial charge < -0.3 is 15.4 Å². The summed E-state index contributed by atoms with van der Waals surface area (Å²) in [6.07, 6.45) is 4.33. The maximum Gasteiger partial charge on any atom is 0.155 e. The van der Waals surface area contributed by atoms with Gasteiger partial charge in [0.1, 0.15) is 0 Å². The van der Waals surface area contributed by atoms with Crippen molar-refractivity contribution >= 4 is 5.82 Å². The van der Waals surface area contributed by atoms with E-state index in [9.17, 15) is 0 Å². The van der Waals surface area contributed by atoms with Crippen LogP contribution < -0.4 is 10.6 Å². The Morgan fingerprint density at radius 3 is 3.06 bits per heavy atom. The maximum absolute atomic E-state index is 5.67. The highest BCUT2D eigenvalue weighted by molar-refractivity contribution is 5.44. The highest BCUT2D eigenvalue weighted by atomic mass is 16.5. The Hall–Kier alpha value is -1.20. The van der Waals surface area contributed by atoms with E-state index in [4.69, 9.17) is 10.5 Å². The van der Waals surface area contributed by atoms with Crippen LogP contribution in [0.15, 0.2) is 12.3 Å². The molecule has 0 aliphatic heterocycles. The Kier molecular flexibility index (Phi) is 4.28. The van der Waals surface area contributed by atoms with Crippen molar-refractivity contribution in [2.75, 3.05) is 31.7 Å². The molecule has 0 saturated heterocycles. The van der Waals surface area contributed by atoms with Crippen molar-refractivity contribution in [1.29, 1.82) is 0 Å². The quantitative estimate of drug-likeness (QED) is 0.709. The molecule has 1 fully saturated rings. The van der Waals surface area contributed by atoms with Crippen LogP contribution in [-0.2, 0) is 11.3 Å². The highest BCUT2D eigenvalue weighted by Gasteiger charge is 2.21. The van der Waals surface area contributed by atoms with E-state index in [1.807, 2.05) is 18.0 Å². The second-order valence-electron chi connectivity index (χ2n) is 4.52. The zero-order valence-corrected chi connectivity index (χ0v) is 10.3. The largest absolute Gasteiger partial charge is 0.379 e. The number of ether oxygens (including phenoxy) is 1. The molecule has 5 heteroatoms. The number of hydrogen-bond donors (Lipinski definition) is 1. The SMILES string of the molecule is CN(CCOCC1CC1)c1nnccc1CN. The van der Waals surface area contributed by atoms with Gasteiger partial charge in [-0.3, -0.25) is 0 Å². The van der Waals surface area contributed by atoms with Crippen LogP contribution in [0.25, 0.3) is 0 Å². The Bertz CT molecular complexity index is 354. The van der Waals surface area contributed by atoms with Crippen LogP contribution in [0.2, 0.25) is 0 Å². The van der Waals surface area contributed by atoms with E-state index in [-0.39, 0.29) is 0 Å². The van der Waals surface area contributed by atoms with Crippen molar-refractivity contribution < 1.29 is 4.74 Å². The van der Waals surface area contributed by atoms with Crippen molar-refractivity contribution in [2.24, 2.45) is 11.7 Å². The third-order valence-corrected chi connectivity index (χ3v) is 2.99. The molecule has 0 spiro atoms. The molecule has 2 N–H and O–H groups in total. The topological polar surface area (TPSA) is 64.3 Å². The number of nitrogens with zero attached hydrogens (tertiary/aromatic N) is 3. The first kappa shape index (κ1) is 12.3. The third-order valence-electron chi connectivity index (χ3n) is 2.99. The lowest BCUT2D eigenvalue weighted by molar-refractivity contribution is 0.130. The molecule has 1 saturated carbocycles. The van der Waals surface area contributed by atoms with Crippen molar-refractivity contribution in [3.05, 3.63) is 17.8 Å². The molecule has 0 atom stereocenters. The number of rotatable bonds is 7. The second-order valence-corrected chi connectivity index (χ2v) is 4.52. The van der Waals surface area contributed by atoms with Gasteiger partial charge >= 0.3 is 0 Å². The van der Waals surface area contributed by atoms with E-state index in [0.717, 1.165) is 37.1 Å². The molecular formula is C12H20N4O. The van der Waals surface area contributed by atoms with E-state index in [1.54, 1.807) is 6.20 Å². The third kappa shape index (κ3) is 3.64.